The highest BCUT2D eigenvalue weighted by molar-refractivity contribution is 6.33. The Morgan fingerprint density at radius 1 is 1.21 bits per heavy atom. The van der Waals surface area contributed by atoms with Crippen molar-refractivity contribution in [1.29, 1.82) is 0 Å². The number of benzene rings is 2. The van der Waals surface area contributed by atoms with Gasteiger partial charge < -0.3 is 10.0 Å². The van der Waals surface area contributed by atoms with Crippen molar-refractivity contribution in [2.24, 2.45) is 5.41 Å². The van der Waals surface area contributed by atoms with Gasteiger partial charge in [-0.05, 0) is 36.6 Å². The summed E-state index contributed by atoms with van der Waals surface area (Å²) in [7, 11) is 1.81. The van der Waals surface area contributed by atoms with E-state index in [0.29, 0.717) is 17.1 Å². The summed E-state index contributed by atoms with van der Waals surface area (Å²) in [4.78, 5) is 14.5. The molecule has 1 fully saturated rings. The lowest BCUT2D eigenvalue weighted by Gasteiger charge is -2.42. The smallest absolute Gasteiger partial charge is 0.253 e. The average Bonchev–Trinajstić information content (AvgIpc) is 2.58. The van der Waals surface area contributed by atoms with Gasteiger partial charge >= 0.3 is 0 Å². The summed E-state index contributed by atoms with van der Waals surface area (Å²) in [6.45, 7) is 0.739. The first-order valence-electron chi connectivity index (χ1n) is 8.26. The van der Waals surface area contributed by atoms with E-state index in [1.54, 1.807) is 11.9 Å². The van der Waals surface area contributed by atoms with E-state index in [4.69, 9.17) is 11.6 Å². The molecule has 1 amide bonds. The van der Waals surface area contributed by atoms with Crippen molar-refractivity contribution in [2.75, 3.05) is 20.2 Å². The number of rotatable bonds is 5. The van der Waals surface area contributed by atoms with Crippen LogP contribution in [0.25, 0.3) is 11.1 Å². The molecule has 0 bridgehead atoms. The fraction of sp³-hybridized carbons (Fsp3) is 0.350. The van der Waals surface area contributed by atoms with Crippen LogP contribution < -0.4 is 0 Å². The molecule has 0 saturated heterocycles. The van der Waals surface area contributed by atoms with Gasteiger partial charge in [-0.15, -0.1) is 0 Å². The molecule has 0 aliphatic heterocycles. The van der Waals surface area contributed by atoms with Gasteiger partial charge in [-0.2, -0.15) is 0 Å². The zero-order chi connectivity index (χ0) is 17.2. The molecule has 0 atom stereocenters. The molecule has 24 heavy (non-hydrogen) atoms. The first-order valence-corrected chi connectivity index (χ1v) is 8.64. The van der Waals surface area contributed by atoms with Crippen molar-refractivity contribution in [2.45, 2.75) is 19.3 Å². The molecule has 1 N–H and O–H groups in total. The maximum Gasteiger partial charge on any atom is 0.253 e. The number of amides is 1. The second-order valence-corrected chi connectivity index (χ2v) is 7.14. The van der Waals surface area contributed by atoms with Crippen molar-refractivity contribution in [3.8, 4) is 11.1 Å². The van der Waals surface area contributed by atoms with Crippen molar-refractivity contribution in [1.82, 2.24) is 4.90 Å². The Labute approximate surface area is 147 Å². The van der Waals surface area contributed by atoms with Gasteiger partial charge in [0.05, 0.1) is 6.61 Å². The largest absolute Gasteiger partial charge is 0.396 e. The van der Waals surface area contributed by atoms with Gasteiger partial charge in [0, 0.05) is 35.2 Å². The van der Waals surface area contributed by atoms with Crippen LogP contribution in [0.5, 0.6) is 0 Å². The molecule has 0 radical (unpaired) electrons. The van der Waals surface area contributed by atoms with Crippen LogP contribution in [-0.4, -0.2) is 36.1 Å². The molecular weight excluding hydrogens is 322 g/mol. The predicted molar refractivity (Wildman–Crippen MR) is 97.2 cm³/mol. The van der Waals surface area contributed by atoms with Gasteiger partial charge in [0.2, 0.25) is 0 Å². The molecule has 1 saturated carbocycles. The lowest BCUT2D eigenvalue weighted by Crippen LogP contribution is -2.45. The number of aliphatic hydroxyl groups excluding tert-OH is 1. The summed E-state index contributed by atoms with van der Waals surface area (Å²) in [5, 5.41) is 10.3. The first kappa shape index (κ1) is 17.0. The third kappa shape index (κ3) is 3.33. The zero-order valence-electron chi connectivity index (χ0n) is 13.8. The molecule has 1 aliphatic carbocycles. The Kier molecular flexibility index (Phi) is 4.93. The van der Waals surface area contributed by atoms with Crippen LogP contribution in [0.15, 0.2) is 48.5 Å². The fourth-order valence-corrected chi connectivity index (χ4v) is 3.60. The summed E-state index contributed by atoms with van der Waals surface area (Å²) in [5.41, 5.74) is 2.38. The maximum absolute atomic E-state index is 12.8. The number of hydrogen-bond acceptors (Lipinski definition) is 2. The van der Waals surface area contributed by atoms with Crippen molar-refractivity contribution in [3.05, 3.63) is 59.1 Å². The van der Waals surface area contributed by atoms with Gasteiger partial charge in [0.15, 0.2) is 0 Å². The third-order valence-corrected chi connectivity index (χ3v) is 5.29. The summed E-state index contributed by atoms with van der Waals surface area (Å²) in [5.74, 6) is -0.0244. The highest BCUT2D eigenvalue weighted by atomic mass is 35.5. The molecule has 3 rings (SSSR count). The Morgan fingerprint density at radius 2 is 1.96 bits per heavy atom. The topological polar surface area (TPSA) is 40.5 Å². The zero-order valence-corrected chi connectivity index (χ0v) is 14.6. The van der Waals surface area contributed by atoms with E-state index < -0.39 is 0 Å². The number of carbonyl (C=O) groups is 1. The lowest BCUT2D eigenvalue weighted by atomic mass is 9.69. The third-order valence-electron chi connectivity index (χ3n) is 4.96. The highest BCUT2D eigenvalue weighted by Gasteiger charge is 2.38. The number of hydrogen-bond donors (Lipinski definition) is 1. The standard InChI is InChI=1S/C20H22ClNO2/c1-22(13-20(14-23)10-5-11-20)19(24)16-7-4-6-15(12-16)17-8-2-3-9-18(17)21/h2-4,6-9,12,23H,5,10-11,13-14H2,1H3. The van der Waals surface area contributed by atoms with Crippen LogP contribution in [0, 0.1) is 5.41 Å². The van der Waals surface area contributed by atoms with Gasteiger partial charge in [0.25, 0.3) is 5.91 Å². The van der Waals surface area contributed by atoms with Crippen LogP contribution >= 0.6 is 11.6 Å². The molecule has 3 nitrogen and oxygen atoms in total. The molecule has 2 aromatic carbocycles. The van der Waals surface area contributed by atoms with E-state index in [0.717, 1.165) is 30.4 Å². The number of aliphatic hydroxyl groups is 1. The van der Waals surface area contributed by atoms with E-state index in [9.17, 15) is 9.90 Å². The minimum atomic E-state index is -0.106. The van der Waals surface area contributed by atoms with Crippen molar-refractivity contribution >= 4 is 17.5 Å². The van der Waals surface area contributed by atoms with Crippen LogP contribution in [0.2, 0.25) is 5.02 Å². The van der Waals surface area contributed by atoms with Gasteiger partial charge in [-0.3, -0.25) is 4.79 Å². The van der Waals surface area contributed by atoms with E-state index in [2.05, 4.69) is 0 Å². The molecule has 0 aromatic heterocycles. The highest BCUT2D eigenvalue weighted by Crippen LogP contribution is 2.41. The second kappa shape index (κ2) is 6.96. The molecule has 0 unspecified atom stereocenters. The van der Waals surface area contributed by atoms with Crippen LogP contribution in [0.4, 0.5) is 0 Å². The van der Waals surface area contributed by atoms with E-state index in [1.165, 1.54) is 0 Å². The Bertz CT molecular complexity index is 734. The van der Waals surface area contributed by atoms with Crippen molar-refractivity contribution in [3.63, 3.8) is 0 Å². The SMILES string of the molecule is CN(CC1(CO)CCC1)C(=O)c1cccc(-c2ccccc2Cl)c1. The molecule has 1 aliphatic rings. The van der Waals surface area contributed by atoms with E-state index in [-0.39, 0.29) is 17.9 Å². The number of carbonyl (C=O) groups excluding carboxylic acids is 1. The number of halogens is 1. The molecule has 126 valence electrons. The predicted octanol–water partition coefficient (Wildman–Crippen LogP) is 4.24. The second-order valence-electron chi connectivity index (χ2n) is 6.73. The Balaban J connectivity index is 1.81. The molecule has 4 heteroatoms. The summed E-state index contributed by atoms with van der Waals surface area (Å²) in [6.07, 6.45) is 3.10. The Morgan fingerprint density at radius 3 is 2.58 bits per heavy atom. The monoisotopic (exact) mass is 343 g/mol. The summed E-state index contributed by atoms with van der Waals surface area (Å²) < 4.78 is 0. The quantitative estimate of drug-likeness (QED) is 0.882. The molecular formula is C20H22ClNO2. The maximum atomic E-state index is 12.8. The summed E-state index contributed by atoms with van der Waals surface area (Å²) in [6, 6.07) is 15.2. The first-order chi connectivity index (χ1) is 11.5. The fourth-order valence-electron chi connectivity index (χ4n) is 3.35. The van der Waals surface area contributed by atoms with Crippen LogP contribution in [0.1, 0.15) is 29.6 Å². The van der Waals surface area contributed by atoms with Gasteiger partial charge in [-0.1, -0.05) is 48.4 Å². The lowest BCUT2D eigenvalue weighted by molar-refractivity contribution is 0.0146. The molecule has 0 spiro atoms. The number of nitrogens with zero attached hydrogens (tertiary/aromatic N) is 1. The Hall–Kier alpha value is -1.84. The van der Waals surface area contributed by atoms with Crippen LogP contribution in [0.3, 0.4) is 0 Å². The minimum absolute atomic E-state index is 0.0244. The van der Waals surface area contributed by atoms with Crippen LogP contribution in [-0.2, 0) is 0 Å². The van der Waals surface area contributed by atoms with Gasteiger partial charge in [-0.25, -0.2) is 0 Å². The van der Waals surface area contributed by atoms with Gasteiger partial charge in [0.1, 0.15) is 0 Å². The molecule has 0 heterocycles. The normalized spacial score (nSPS) is 15.6. The average molecular weight is 344 g/mol. The minimum Gasteiger partial charge on any atom is -0.396 e. The van der Waals surface area contributed by atoms with Crippen molar-refractivity contribution < 1.29 is 9.90 Å². The molecule has 2 aromatic rings. The van der Waals surface area contributed by atoms with E-state index in [1.807, 2.05) is 48.5 Å². The summed E-state index contributed by atoms with van der Waals surface area (Å²) >= 11 is 6.26. The van der Waals surface area contributed by atoms with E-state index >= 15 is 0 Å².